The Balaban J connectivity index is 0.00000441. The molecule has 1 atom stereocenters. The van der Waals surface area contributed by atoms with E-state index in [0.717, 1.165) is 5.56 Å². The van der Waals surface area contributed by atoms with Crippen LogP contribution in [0.4, 0.5) is 0 Å². The molecule has 126 valence electrons. The topological polar surface area (TPSA) is 89.3 Å². The number of benzene rings is 1. The van der Waals surface area contributed by atoms with Crippen molar-refractivity contribution < 1.29 is 13.2 Å². The largest absolute Gasteiger partial charge is 0.351 e. The zero-order chi connectivity index (χ0) is 16.3. The standard InChI is InChI=1S/C15H24N2O3S.ClH/c1-15(2,3)13(16)14(18)17-9-11-7-5-6-8-12(11)10-21(4,19)20;/h5-8,13H,9-10,16H2,1-4H3,(H,17,18);1H/t13-;/m1./s1. The molecular formula is C15H25ClN2O3S. The summed E-state index contributed by atoms with van der Waals surface area (Å²) in [4.78, 5) is 12.0. The maximum absolute atomic E-state index is 12.0. The molecule has 0 aliphatic carbocycles. The number of hydrogen-bond acceptors (Lipinski definition) is 4. The Labute approximate surface area is 139 Å². The number of rotatable bonds is 5. The van der Waals surface area contributed by atoms with Gasteiger partial charge in [0.2, 0.25) is 5.91 Å². The Hall–Kier alpha value is -1.11. The zero-order valence-corrected chi connectivity index (χ0v) is 15.1. The van der Waals surface area contributed by atoms with Crippen LogP contribution in [0.5, 0.6) is 0 Å². The van der Waals surface area contributed by atoms with Gasteiger partial charge in [-0.25, -0.2) is 8.42 Å². The highest BCUT2D eigenvalue weighted by Gasteiger charge is 2.27. The predicted molar refractivity (Wildman–Crippen MR) is 91.5 cm³/mol. The van der Waals surface area contributed by atoms with Gasteiger partial charge in [-0.15, -0.1) is 12.4 Å². The molecule has 0 saturated carbocycles. The third-order valence-electron chi connectivity index (χ3n) is 3.20. The monoisotopic (exact) mass is 348 g/mol. The normalized spacial score (nSPS) is 13.1. The molecule has 1 amide bonds. The maximum atomic E-state index is 12.0. The van der Waals surface area contributed by atoms with Crippen LogP contribution in [0.15, 0.2) is 24.3 Å². The first-order valence-electron chi connectivity index (χ1n) is 6.78. The molecule has 0 aliphatic heterocycles. The smallest absolute Gasteiger partial charge is 0.237 e. The molecule has 5 nitrogen and oxygen atoms in total. The van der Waals surface area contributed by atoms with Crippen LogP contribution in [0.1, 0.15) is 31.9 Å². The quantitative estimate of drug-likeness (QED) is 0.846. The van der Waals surface area contributed by atoms with E-state index in [1.807, 2.05) is 32.9 Å². The van der Waals surface area contributed by atoms with E-state index >= 15 is 0 Å². The van der Waals surface area contributed by atoms with Gasteiger partial charge in [0.1, 0.15) is 0 Å². The molecule has 0 unspecified atom stereocenters. The highest BCUT2D eigenvalue weighted by molar-refractivity contribution is 7.89. The van der Waals surface area contributed by atoms with E-state index in [0.29, 0.717) is 5.56 Å². The second-order valence-corrected chi connectivity index (χ2v) is 8.54. The lowest BCUT2D eigenvalue weighted by atomic mass is 9.87. The summed E-state index contributed by atoms with van der Waals surface area (Å²) in [7, 11) is -3.12. The van der Waals surface area contributed by atoms with Gasteiger partial charge in [-0.1, -0.05) is 45.0 Å². The van der Waals surface area contributed by atoms with Crippen molar-refractivity contribution in [2.24, 2.45) is 11.1 Å². The summed E-state index contributed by atoms with van der Waals surface area (Å²) in [6.07, 6.45) is 1.19. The summed E-state index contributed by atoms with van der Waals surface area (Å²) in [5, 5.41) is 2.77. The summed E-state index contributed by atoms with van der Waals surface area (Å²) in [5.41, 5.74) is 7.06. The van der Waals surface area contributed by atoms with Crippen LogP contribution in [-0.4, -0.2) is 26.6 Å². The van der Waals surface area contributed by atoms with Crippen molar-refractivity contribution in [2.45, 2.75) is 39.1 Å². The van der Waals surface area contributed by atoms with Crippen molar-refractivity contribution in [3.8, 4) is 0 Å². The van der Waals surface area contributed by atoms with Crippen LogP contribution >= 0.6 is 12.4 Å². The van der Waals surface area contributed by atoms with Gasteiger partial charge in [-0.2, -0.15) is 0 Å². The molecule has 0 aliphatic rings. The first-order chi connectivity index (χ1) is 9.50. The van der Waals surface area contributed by atoms with Crippen LogP contribution in [0, 0.1) is 5.41 Å². The Morgan fingerprint density at radius 3 is 2.18 bits per heavy atom. The molecule has 0 saturated heterocycles. The van der Waals surface area contributed by atoms with E-state index in [1.165, 1.54) is 6.26 Å². The van der Waals surface area contributed by atoms with E-state index < -0.39 is 15.9 Å². The minimum absolute atomic E-state index is 0. The van der Waals surface area contributed by atoms with E-state index in [2.05, 4.69) is 5.32 Å². The van der Waals surface area contributed by atoms with Crippen LogP contribution in [-0.2, 0) is 26.9 Å². The van der Waals surface area contributed by atoms with Gasteiger partial charge in [0.25, 0.3) is 0 Å². The van der Waals surface area contributed by atoms with Crippen molar-refractivity contribution in [3.63, 3.8) is 0 Å². The van der Waals surface area contributed by atoms with Crippen molar-refractivity contribution in [1.29, 1.82) is 0 Å². The van der Waals surface area contributed by atoms with Gasteiger partial charge < -0.3 is 11.1 Å². The van der Waals surface area contributed by atoms with Gasteiger partial charge in [0.15, 0.2) is 9.84 Å². The van der Waals surface area contributed by atoms with Crippen LogP contribution < -0.4 is 11.1 Å². The van der Waals surface area contributed by atoms with Gasteiger partial charge in [0, 0.05) is 12.8 Å². The number of halogens is 1. The molecule has 1 rings (SSSR count). The summed E-state index contributed by atoms with van der Waals surface area (Å²) in [6.45, 7) is 5.97. The number of carbonyl (C=O) groups is 1. The maximum Gasteiger partial charge on any atom is 0.237 e. The summed E-state index contributed by atoms with van der Waals surface area (Å²) >= 11 is 0. The number of hydrogen-bond donors (Lipinski definition) is 2. The van der Waals surface area contributed by atoms with Crippen LogP contribution in [0.3, 0.4) is 0 Å². The number of nitrogens with one attached hydrogen (secondary N) is 1. The minimum Gasteiger partial charge on any atom is -0.351 e. The molecule has 1 aromatic carbocycles. The molecule has 1 aromatic rings. The molecule has 3 N–H and O–H groups in total. The highest BCUT2D eigenvalue weighted by Crippen LogP contribution is 2.18. The average Bonchev–Trinajstić information content (AvgIpc) is 2.33. The molecule has 0 heterocycles. The average molecular weight is 349 g/mol. The number of nitrogens with two attached hydrogens (primary N) is 1. The third kappa shape index (κ3) is 6.77. The molecule has 0 fully saturated rings. The van der Waals surface area contributed by atoms with E-state index in [-0.39, 0.29) is 36.0 Å². The second kappa shape index (κ2) is 7.94. The Kier molecular flexibility index (Phi) is 7.54. The van der Waals surface area contributed by atoms with E-state index in [1.54, 1.807) is 12.1 Å². The molecule has 0 aromatic heterocycles. The molecule has 0 radical (unpaired) electrons. The lowest BCUT2D eigenvalue weighted by Gasteiger charge is -2.26. The summed E-state index contributed by atoms with van der Waals surface area (Å²) in [6, 6.07) is 6.55. The predicted octanol–water partition coefficient (Wildman–Crippen LogP) is 1.64. The van der Waals surface area contributed by atoms with Crippen molar-refractivity contribution in [3.05, 3.63) is 35.4 Å². The zero-order valence-electron chi connectivity index (χ0n) is 13.4. The van der Waals surface area contributed by atoms with Crippen molar-refractivity contribution in [2.75, 3.05) is 6.26 Å². The summed E-state index contributed by atoms with van der Waals surface area (Å²) in [5.74, 6) is -0.277. The van der Waals surface area contributed by atoms with E-state index in [4.69, 9.17) is 5.73 Å². The van der Waals surface area contributed by atoms with Gasteiger partial charge in [-0.05, 0) is 16.5 Å². The number of carbonyl (C=O) groups excluding carboxylic acids is 1. The van der Waals surface area contributed by atoms with E-state index in [9.17, 15) is 13.2 Å². The van der Waals surface area contributed by atoms with Crippen LogP contribution in [0.2, 0.25) is 0 Å². The molecule has 22 heavy (non-hydrogen) atoms. The van der Waals surface area contributed by atoms with Crippen molar-refractivity contribution in [1.82, 2.24) is 5.32 Å². The van der Waals surface area contributed by atoms with Gasteiger partial charge in [-0.3, -0.25) is 4.79 Å². The minimum atomic E-state index is -3.12. The Bertz CT molecular complexity index is 609. The third-order valence-corrected chi connectivity index (χ3v) is 4.04. The lowest BCUT2D eigenvalue weighted by molar-refractivity contribution is -0.124. The molecule has 0 spiro atoms. The Morgan fingerprint density at radius 2 is 1.73 bits per heavy atom. The highest BCUT2D eigenvalue weighted by atomic mass is 35.5. The van der Waals surface area contributed by atoms with Gasteiger partial charge >= 0.3 is 0 Å². The van der Waals surface area contributed by atoms with Crippen LogP contribution in [0.25, 0.3) is 0 Å². The molecule has 0 bridgehead atoms. The lowest BCUT2D eigenvalue weighted by Crippen LogP contribution is -2.48. The van der Waals surface area contributed by atoms with Crippen molar-refractivity contribution >= 4 is 28.2 Å². The molecular weight excluding hydrogens is 324 g/mol. The number of sulfone groups is 1. The fraction of sp³-hybridized carbons (Fsp3) is 0.533. The Morgan fingerprint density at radius 1 is 1.23 bits per heavy atom. The fourth-order valence-electron chi connectivity index (χ4n) is 1.84. The second-order valence-electron chi connectivity index (χ2n) is 6.40. The summed E-state index contributed by atoms with van der Waals surface area (Å²) < 4.78 is 22.8. The SMILES string of the molecule is CC(C)(C)[C@H](N)C(=O)NCc1ccccc1CS(C)(=O)=O.Cl. The van der Waals surface area contributed by atoms with Gasteiger partial charge in [0.05, 0.1) is 11.8 Å². The first kappa shape index (κ1) is 20.9. The molecule has 7 heteroatoms. The first-order valence-corrected chi connectivity index (χ1v) is 8.84. The number of amides is 1. The fourth-order valence-corrected chi connectivity index (χ4v) is 2.69.